The Balaban J connectivity index is 1.95. The second kappa shape index (κ2) is 4.04. The molecule has 2 aliphatic rings. The zero-order valence-electron chi connectivity index (χ0n) is 10.6. The van der Waals surface area contributed by atoms with Crippen molar-refractivity contribution in [3.05, 3.63) is 39.4 Å². The lowest BCUT2D eigenvalue weighted by atomic mass is 9.95. The fourth-order valence-electron chi connectivity index (χ4n) is 4.00. The van der Waals surface area contributed by atoms with Gasteiger partial charge in [0, 0.05) is 6.04 Å². The summed E-state index contributed by atoms with van der Waals surface area (Å²) in [6.07, 6.45) is 4.99. The van der Waals surface area contributed by atoms with Gasteiger partial charge in [0.15, 0.2) is 4.77 Å². The van der Waals surface area contributed by atoms with E-state index in [0.717, 1.165) is 23.2 Å². The normalized spacial score (nSPS) is 29.2. The summed E-state index contributed by atoms with van der Waals surface area (Å²) >= 11 is 5.43. The van der Waals surface area contributed by atoms with Crippen LogP contribution >= 0.6 is 12.2 Å². The standard InChI is InChI=1S/C15H16N2OS/c18-14-11-3-1-2-4-12(11)16-15(19)17(14)13-8-9-5-6-10(13)7-9/h1-4,9-10,13H,5-8H2,(H,16,19). The molecular weight excluding hydrogens is 256 g/mol. The highest BCUT2D eigenvalue weighted by Gasteiger charge is 2.41. The molecule has 0 spiro atoms. The van der Waals surface area contributed by atoms with Crippen molar-refractivity contribution in [3.8, 4) is 0 Å². The molecule has 3 unspecified atom stereocenters. The van der Waals surface area contributed by atoms with E-state index in [1.165, 1.54) is 19.3 Å². The number of para-hydroxylation sites is 1. The minimum Gasteiger partial charge on any atom is -0.332 e. The smallest absolute Gasteiger partial charge is 0.262 e. The molecule has 0 amide bonds. The fraction of sp³-hybridized carbons (Fsp3) is 0.467. The van der Waals surface area contributed by atoms with Gasteiger partial charge in [-0.05, 0) is 55.4 Å². The number of hydrogen-bond donors (Lipinski definition) is 1. The van der Waals surface area contributed by atoms with Gasteiger partial charge in [-0.15, -0.1) is 0 Å². The van der Waals surface area contributed by atoms with E-state index in [2.05, 4.69) is 4.98 Å². The first kappa shape index (κ1) is 11.4. The van der Waals surface area contributed by atoms with E-state index >= 15 is 0 Å². The van der Waals surface area contributed by atoms with Crippen LogP contribution in [0.2, 0.25) is 0 Å². The van der Waals surface area contributed by atoms with E-state index in [0.29, 0.717) is 16.7 Å². The van der Waals surface area contributed by atoms with E-state index in [4.69, 9.17) is 12.2 Å². The van der Waals surface area contributed by atoms with Crippen molar-refractivity contribution >= 4 is 23.1 Å². The predicted octanol–water partition coefficient (Wildman–Crippen LogP) is 3.42. The van der Waals surface area contributed by atoms with Gasteiger partial charge in [0.1, 0.15) is 0 Å². The molecule has 2 fully saturated rings. The van der Waals surface area contributed by atoms with Crippen LogP contribution in [0.15, 0.2) is 29.1 Å². The monoisotopic (exact) mass is 272 g/mol. The second-order valence-corrected chi connectivity index (χ2v) is 6.28. The van der Waals surface area contributed by atoms with Crippen molar-refractivity contribution in [1.29, 1.82) is 0 Å². The maximum absolute atomic E-state index is 12.7. The predicted molar refractivity (Wildman–Crippen MR) is 77.9 cm³/mol. The van der Waals surface area contributed by atoms with Gasteiger partial charge in [-0.1, -0.05) is 18.6 Å². The first-order valence-corrected chi connectivity index (χ1v) is 7.38. The fourth-order valence-corrected chi connectivity index (χ4v) is 4.33. The number of hydrogen-bond acceptors (Lipinski definition) is 2. The van der Waals surface area contributed by atoms with Crippen LogP contribution in [0.25, 0.3) is 10.9 Å². The Bertz CT molecular complexity index is 761. The minimum absolute atomic E-state index is 0.0805. The number of aromatic amines is 1. The largest absolute Gasteiger partial charge is 0.332 e. The number of fused-ring (bicyclic) bond motifs is 3. The van der Waals surface area contributed by atoms with Gasteiger partial charge in [0.25, 0.3) is 5.56 Å². The van der Waals surface area contributed by atoms with Crippen molar-refractivity contribution in [2.45, 2.75) is 31.7 Å². The van der Waals surface area contributed by atoms with E-state index < -0.39 is 0 Å². The Morgan fingerprint density at radius 1 is 1.21 bits per heavy atom. The Labute approximate surface area is 116 Å². The summed E-state index contributed by atoms with van der Waals surface area (Å²) in [7, 11) is 0. The van der Waals surface area contributed by atoms with Crippen molar-refractivity contribution in [2.24, 2.45) is 11.8 Å². The third kappa shape index (κ3) is 1.62. The summed E-state index contributed by atoms with van der Waals surface area (Å²) < 4.78 is 2.43. The lowest BCUT2D eigenvalue weighted by molar-refractivity contribution is 0.319. The Kier molecular flexibility index (Phi) is 2.42. The van der Waals surface area contributed by atoms with Crippen molar-refractivity contribution in [3.63, 3.8) is 0 Å². The number of nitrogens with one attached hydrogen (secondary N) is 1. The van der Waals surface area contributed by atoms with E-state index in [9.17, 15) is 4.79 Å². The lowest BCUT2D eigenvalue weighted by Crippen LogP contribution is -2.29. The summed E-state index contributed by atoms with van der Waals surface area (Å²) in [6.45, 7) is 0. The van der Waals surface area contributed by atoms with Gasteiger partial charge in [0.05, 0.1) is 10.9 Å². The maximum Gasteiger partial charge on any atom is 0.262 e. The number of rotatable bonds is 1. The van der Waals surface area contributed by atoms with Gasteiger partial charge >= 0.3 is 0 Å². The molecule has 0 saturated heterocycles. The van der Waals surface area contributed by atoms with Crippen LogP contribution in [0.1, 0.15) is 31.7 Å². The molecule has 1 aromatic carbocycles. The molecule has 2 aromatic rings. The highest BCUT2D eigenvalue weighted by Crippen LogP contribution is 2.50. The van der Waals surface area contributed by atoms with E-state index in [-0.39, 0.29) is 5.56 Å². The molecule has 1 heterocycles. The highest BCUT2D eigenvalue weighted by atomic mass is 32.1. The average Bonchev–Trinajstić information content (AvgIpc) is 3.01. The Morgan fingerprint density at radius 3 is 2.79 bits per heavy atom. The zero-order chi connectivity index (χ0) is 13.0. The van der Waals surface area contributed by atoms with E-state index in [1.807, 2.05) is 28.8 Å². The summed E-state index contributed by atoms with van der Waals surface area (Å²) in [6, 6.07) is 7.95. The van der Waals surface area contributed by atoms with Crippen LogP contribution < -0.4 is 5.56 Å². The van der Waals surface area contributed by atoms with Crippen LogP contribution in [-0.4, -0.2) is 9.55 Å². The molecule has 2 aliphatic carbocycles. The molecule has 1 N–H and O–H groups in total. The second-order valence-electron chi connectivity index (χ2n) is 5.89. The molecule has 2 saturated carbocycles. The van der Waals surface area contributed by atoms with Gasteiger partial charge in [-0.25, -0.2) is 0 Å². The van der Waals surface area contributed by atoms with Crippen molar-refractivity contribution in [1.82, 2.24) is 9.55 Å². The Morgan fingerprint density at radius 2 is 2.05 bits per heavy atom. The number of benzene rings is 1. The number of H-pyrrole nitrogens is 1. The third-order valence-electron chi connectivity index (χ3n) is 4.87. The molecule has 2 bridgehead atoms. The Hall–Kier alpha value is -1.42. The first-order valence-electron chi connectivity index (χ1n) is 6.97. The molecule has 98 valence electrons. The molecule has 3 nitrogen and oxygen atoms in total. The molecule has 0 aliphatic heterocycles. The molecule has 4 rings (SSSR count). The molecular formula is C15H16N2OS. The first-order chi connectivity index (χ1) is 9.24. The van der Waals surface area contributed by atoms with Gasteiger partial charge in [-0.2, -0.15) is 0 Å². The number of aromatic nitrogens is 2. The minimum atomic E-state index is 0.0805. The summed E-state index contributed by atoms with van der Waals surface area (Å²) in [5.41, 5.74) is 0.925. The summed E-state index contributed by atoms with van der Waals surface area (Å²) in [5.74, 6) is 1.46. The maximum atomic E-state index is 12.7. The van der Waals surface area contributed by atoms with Gasteiger partial charge in [0.2, 0.25) is 0 Å². The molecule has 0 radical (unpaired) electrons. The highest BCUT2D eigenvalue weighted by molar-refractivity contribution is 7.71. The van der Waals surface area contributed by atoms with Crippen LogP contribution in [-0.2, 0) is 0 Å². The molecule has 19 heavy (non-hydrogen) atoms. The average molecular weight is 272 g/mol. The van der Waals surface area contributed by atoms with Gasteiger partial charge < -0.3 is 4.98 Å². The number of nitrogens with zero attached hydrogens (tertiary/aromatic N) is 1. The van der Waals surface area contributed by atoms with Crippen LogP contribution in [0, 0.1) is 16.6 Å². The molecule has 1 aromatic heterocycles. The summed E-state index contributed by atoms with van der Waals surface area (Å²) in [5, 5.41) is 0.749. The van der Waals surface area contributed by atoms with Gasteiger partial charge in [-0.3, -0.25) is 9.36 Å². The van der Waals surface area contributed by atoms with Crippen molar-refractivity contribution in [2.75, 3.05) is 0 Å². The van der Waals surface area contributed by atoms with Crippen LogP contribution in [0.3, 0.4) is 0 Å². The molecule has 4 heteroatoms. The third-order valence-corrected chi connectivity index (χ3v) is 5.17. The quantitative estimate of drug-likeness (QED) is 0.808. The van der Waals surface area contributed by atoms with Crippen LogP contribution in [0.4, 0.5) is 0 Å². The SMILES string of the molecule is O=c1c2ccccc2[nH]c(=S)n1C1CC2CCC1C2. The topological polar surface area (TPSA) is 37.8 Å². The van der Waals surface area contributed by atoms with Crippen LogP contribution in [0.5, 0.6) is 0 Å². The summed E-state index contributed by atoms with van der Waals surface area (Å²) in [4.78, 5) is 15.9. The zero-order valence-corrected chi connectivity index (χ0v) is 11.5. The van der Waals surface area contributed by atoms with Crippen molar-refractivity contribution < 1.29 is 0 Å². The lowest BCUT2D eigenvalue weighted by Gasteiger charge is -2.24. The molecule has 3 atom stereocenters. The van der Waals surface area contributed by atoms with E-state index in [1.54, 1.807) is 0 Å².